The molecule has 1 saturated carbocycles. The van der Waals surface area contributed by atoms with Crippen LogP contribution in [-0.4, -0.2) is 30.9 Å². The number of nitrogens with one attached hydrogen (secondary N) is 1. The van der Waals surface area contributed by atoms with Crippen molar-refractivity contribution in [3.63, 3.8) is 0 Å². The Bertz CT molecular complexity index is 653. The number of hydrogen-bond donors (Lipinski definition) is 1. The average Bonchev–Trinajstić information content (AvgIpc) is 3.07. The molecule has 3 rings (SSSR count). The van der Waals surface area contributed by atoms with E-state index >= 15 is 0 Å². The van der Waals surface area contributed by atoms with Crippen molar-refractivity contribution in [1.29, 1.82) is 0 Å². The van der Waals surface area contributed by atoms with Gasteiger partial charge in [0.25, 0.3) is 5.91 Å². The number of rotatable bonds is 5. The summed E-state index contributed by atoms with van der Waals surface area (Å²) in [5.74, 6) is -0.678. The molecule has 1 saturated heterocycles. The summed E-state index contributed by atoms with van der Waals surface area (Å²) in [6, 6.07) is 7.20. The Labute approximate surface area is 147 Å². The molecule has 1 heterocycles. The second kappa shape index (κ2) is 8.14. The molecule has 1 N–H and O–H groups in total. The zero-order valence-electron chi connectivity index (χ0n) is 14.3. The second-order valence-corrected chi connectivity index (χ2v) is 6.66. The summed E-state index contributed by atoms with van der Waals surface area (Å²) < 4.78 is 5.17. The van der Waals surface area contributed by atoms with Gasteiger partial charge in [-0.3, -0.25) is 14.4 Å². The molecular formula is C19H24N2O4. The van der Waals surface area contributed by atoms with Crippen LogP contribution in [0.3, 0.4) is 0 Å². The highest BCUT2D eigenvalue weighted by Gasteiger charge is 2.25. The van der Waals surface area contributed by atoms with Gasteiger partial charge in [-0.25, -0.2) is 0 Å². The number of ether oxygens (including phenoxy) is 1. The molecule has 134 valence electrons. The predicted molar refractivity (Wildman–Crippen MR) is 94.2 cm³/mol. The van der Waals surface area contributed by atoms with E-state index in [-0.39, 0.29) is 30.3 Å². The Balaban J connectivity index is 1.56. The molecule has 2 amide bonds. The Hall–Kier alpha value is -2.37. The first-order valence-electron chi connectivity index (χ1n) is 9.01. The van der Waals surface area contributed by atoms with E-state index in [9.17, 15) is 14.4 Å². The van der Waals surface area contributed by atoms with Crippen LogP contribution in [-0.2, 0) is 19.1 Å². The topological polar surface area (TPSA) is 75.7 Å². The monoisotopic (exact) mass is 344 g/mol. The Morgan fingerprint density at radius 3 is 2.60 bits per heavy atom. The SMILES string of the molecule is O=C(COC(=O)C1CCCCC1)Nc1ccccc1N1CCCC1=O. The van der Waals surface area contributed by atoms with E-state index in [2.05, 4.69) is 5.32 Å². The van der Waals surface area contributed by atoms with Gasteiger partial charge in [-0.15, -0.1) is 0 Å². The zero-order valence-corrected chi connectivity index (χ0v) is 14.3. The van der Waals surface area contributed by atoms with Crippen molar-refractivity contribution < 1.29 is 19.1 Å². The summed E-state index contributed by atoms with van der Waals surface area (Å²) in [5.41, 5.74) is 1.26. The lowest BCUT2D eigenvalue weighted by Crippen LogP contribution is -2.28. The van der Waals surface area contributed by atoms with Crippen LogP contribution in [0.2, 0.25) is 0 Å². The smallest absolute Gasteiger partial charge is 0.309 e. The first-order valence-corrected chi connectivity index (χ1v) is 9.01. The van der Waals surface area contributed by atoms with E-state index in [1.807, 2.05) is 12.1 Å². The van der Waals surface area contributed by atoms with E-state index in [0.717, 1.165) is 38.5 Å². The molecule has 0 aromatic heterocycles. The van der Waals surface area contributed by atoms with E-state index in [4.69, 9.17) is 4.74 Å². The molecule has 0 atom stereocenters. The molecule has 1 aliphatic heterocycles. The minimum Gasteiger partial charge on any atom is -0.455 e. The number of hydrogen-bond acceptors (Lipinski definition) is 4. The summed E-state index contributed by atoms with van der Waals surface area (Å²) in [4.78, 5) is 37.8. The summed E-state index contributed by atoms with van der Waals surface area (Å²) in [5, 5.41) is 2.76. The number of amides is 2. The Kier molecular flexibility index (Phi) is 5.68. The molecule has 0 radical (unpaired) electrons. The maximum atomic E-state index is 12.2. The highest BCUT2D eigenvalue weighted by atomic mass is 16.5. The third kappa shape index (κ3) is 4.38. The van der Waals surface area contributed by atoms with Gasteiger partial charge in [0.2, 0.25) is 5.91 Å². The van der Waals surface area contributed by atoms with Gasteiger partial charge in [-0.05, 0) is 31.4 Å². The molecule has 0 spiro atoms. The summed E-state index contributed by atoms with van der Waals surface area (Å²) in [6.45, 7) is 0.361. The molecule has 2 fully saturated rings. The third-order valence-electron chi connectivity index (χ3n) is 4.83. The fourth-order valence-electron chi connectivity index (χ4n) is 3.50. The lowest BCUT2D eigenvalue weighted by atomic mass is 9.89. The number of carbonyl (C=O) groups is 3. The van der Waals surface area contributed by atoms with Crippen molar-refractivity contribution in [2.45, 2.75) is 44.9 Å². The number of para-hydroxylation sites is 2. The van der Waals surface area contributed by atoms with Crippen molar-refractivity contribution >= 4 is 29.2 Å². The van der Waals surface area contributed by atoms with Gasteiger partial charge in [0.05, 0.1) is 17.3 Å². The molecule has 1 aliphatic carbocycles. The standard InChI is InChI=1S/C19H24N2O4/c22-17(13-25-19(24)14-7-2-1-3-8-14)20-15-9-4-5-10-16(15)21-12-6-11-18(21)23/h4-5,9-10,14H,1-3,6-8,11-13H2,(H,20,22). The van der Waals surface area contributed by atoms with Gasteiger partial charge in [-0.2, -0.15) is 0 Å². The van der Waals surface area contributed by atoms with Crippen LogP contribution >= 0.6 is 0 Å². The number of esters is 1. The maximum Gasteiger partial charge on any atom is 0.309 e. The van der Waals surface area contributed by atoms with Crippen molar-refractivity contribution in [3.8, 4) is 0 Å². The van der Waals surface area contributed by atoms with Gasteiger partial charge in [0, 0.05) is 13.0 Å². The number of nitrogens with zero attached hydrogens (tertiary/aromatic N) is 1. The minimum atomic E-state index is -0.386. The van der Waals surface area contributed by atoms with E-state index < -0.39 is 0 Å². The molecule has 6 heteroatoms. The fourth-order valence-corrected chi connectivity index (χ4v) is 3.50. The largest absolute Gasteiger partial charge is 0.455 e. The van der Waals surface area contributed by atoms with Crippen LogP contribution in [0, 0.1) is 5.92 Å². The van der Waals surface area contributed by atoms with Gasteiger partial charge < -0.3 is 15.0 Å². The highest BCUT2D eigenvalue weighted by molar-refractivity contribution is 6.02. The predicted octanol–water partition coefficient (Wildman–Crippen LogP) is 2.88. The second-order valence-electron chi connectivity index (χ2n) is 6.66. The molecule has 1 aromatic rings. The molecular weight excluding hydrogens is 320 g/mol. The van der Waals surface area contributed by atoms with Crippen molar-refractivity contribution in [3.05, 3.63) is 24.3 Å². The van der Waals surface area contributed by atoms with Crippen LogP contribution in [0.1, 0.15) is 44.9 Å². The first-order chi connectivity index (χ1) is 12.1. The van der Waals surface area contributed by atoms with Crippen LogP contribution in [0.5, 0.6) is 0 Å². The van der Waals surface area contributed by atoms with Gasteiger partial charge in [0.15, 0.2) is 6.61 Å². The summed E-state index contributed by atoms with van der Waals surface area (Å²) in [7, 11) is 0. The third-order valence-corrected chi connectivity index (χ3v) is 4.83. The van der Waals surface area contributed by atoms with Gasteiger partial charge in [0.1, 0.15) is 0 Å². The first kappa shape index (κ1) is 17.5. The molecule has 0 bridgehead atoms. The molecule has 6 nitrogen and oxygen atoms in total. The molecule has 1 aromatic carbocycles. The van der Waals surface area contributed by atoms with Crippen LogP contribution in [0.4, 0.5) is 11.4 Å². The molecule has 0 unspecified atom stereocenters. The number of carbonyl (C=O) groups excluding carboxylic acids is 3. The van der Waals surface area contributed by atoms with Gasteiger partial charge >= 0.3 is 5.97 Å². The number of anilines is 2. The van der Waals surface area contributed by atoms with Crippen molar-refractivity contribution in [1.82, 2.24) is 0 Å². The summed E-state index contributed by atoms with van der Waals surface area (Å²) in [6.07, 6.45) is 6.30. The van der Waals surface area contributed by atoms with Crippen LogP contribution in [0.25, 0.3) is 0 Å². The van der Waals surface area contributed by atoms with Crippen molar-refractivity contribution in [2.75, 3.05) is 23.4 Å². The number of benzene rings is 1. The van der Waals surface area contributed by atoms with Crippen LogP contribution in [0.15, 0.2) is 24.3 Å². The minimum absolute atomic E-state index is 0.0606. The normalized spacial score (nSPS) is 18.2. The Morgan fingerprint density at radius 2 is 1.88 bits per heavy atom. The van der Waals surface area contributed by atoms with E-state index in [1.54, 1.807) is 17.0 Å². The van der Waals surface area contributed by atoms with Crippen LogP contribution < -0.4 is 10.2 Å². The summed E-state index contributed by atoms with van der Waals surface area (Å²) >= 11 is 0. The van der Waals surface area contributed by atoms with Crippen molar-refractivity contribution in [2.24, 2.45) is 5.92 Å². The lowest BCUT2D eigenvalue weighted by Gasteiger charge is -2.21. The van der Waals surface area contributed by atoms with E-state index in [1.165, 1.54) is 0 Å². The maximum absolute atomic E-state index is 12.2. The fraction of sp³-hybridized carbons (Fsp3) is 0.526. The average molecular weight is 344 g/mol. The quantitative estimate of drug-likeness (QED) is 0.834. The lowest BCUT2D eigenvalue weighted by molar-refractivity contribution is -0.152. The zero-order chi connectivity index (χ0) is 17.6. The van der Waals surface area contributed by atoms with Gasteiger partial charge in [-0.1, -0.05) is 31.4 Å². The molecule has 25 heavy (non-hydrogen) atoms. The Morgan fingerprint density at radius 1 is 1.12 bits per heavy atom. The highest BCUT2D eigenvalue weighted by Crippen LogP contribution is 2.29. The molecule has 2 aliphatic rings. The van der Waals surface area contributed by atoms with E-state index in [0.29, 0.717) is 24.3 Å².